The van der Waals surface area contributed by atoms with Crippen LogP contribution < -0.4 is 5.32 Å². The molecule has 0 saturated heterocycles. The van der Waals surface area contributed by atoms with Gasteiger partial charge in [0.05, 0.1) is 24.6 Å². The molecule has 0 spiro atoms. The molecular weight excluding hydrogens is 332 g/mol. The molecule has 1 amide bonds. The van der Waals surface area contributed by atoms with Crippen LogP contribution in [0.25, 0.3) is 0 Å². The molecule has 0 radical (unpaired) electrons. The van der Waals surface area contributed by atoms with Crippen LogP contribution in [0, 0.1) is 5.92 Å². The largest absolute Gasteiger partial charge is 0.465 e. The van der Waals surface area contributed by atoms with Crippen LogP contribution in [0.5, 0.6) is 0 Å². The van der Waals surface area contributed by atoms with Crippen molar-refractivity contribution in [3.63, 3.8) is 0 Å². The van der Waals surface area contributed by atoms with Crippen molar-refractivity contribution in [1.29, 1.82) is 0 Å². The van der Waals surface area contributed by atoms with Crippen molar-refractivity contribution in [1.82, 2.24) is 4.31 Å². The Balaban J connectivity index is 2.75. The molecule has 24 heavy (non-hydrogen) atoms. The van der Waals surface area contributed by atoms with Crippen molar-refractivity contribution in [2.45, 2.75) is 20.3 Å². The minimum atomic E-state index is -3.37. The third-order valence-corrected chi connectivity index (χ3v) is 4.50. The Labute approximate surface area is 143 Å². The molecule has 0 bridgehead atoms. The van der Waals surface area contributed by atoms with Gasteiger partial charge in [-0.2, -0.15) is 0 Å². The summed E-state index contributed by atoms with van der Waals surface area (Å²) in [5, 5.41) is 2.62. The number of hydrogen-bond acceptors (Lipinski definition) is 5. The lowest BCUT2D eigenvalue weighted by Crippen LogP contribution is -2.35. The van der Waals surface area contributed by atoms with Crippen LogP contribution in [0.2, 0.25) is 0 Å². The van der Waals surface area contributed by atoms with Gasteiger partial charge in [0.25, 0.3) is 0 Å². The highest BCUT2D eigenvalue weighted by Crippen LogP contribution is 2.16. The number of sulfonamides is 1. The van der Waals surface area contributed by atoms with E-state index >= 15 is 0 Å². The zero-order valence-corrected chi connectivity index (χ0v) is 15.2. The van der Waals surface area contributed by atoms with Gasteiger partial charge in [-0.3, -0.25) is 4.79 Å². The van der Waals surface area contributed by atoms with E-state index in [2.05, 4.69) is 10.1 Å². The molecule has 0 saturated carbocycles. The molecule has 7 nitrogen and oxygen atoms in total. The first kappa shape index (κ1) is 20.1. The Bertz CT molecular complexity index is 685. The van der Waals surface area contributed by atoms with Crippen LogP contribution >= 0.6 is 0 Å². The Morgan fingerprint density at radius 2 is 1.88 bits per heavy atom. The summed E-state index contributed by atoms with van der Waals surface area (Å²) in [6.07, 6.45) is 1.12. The molecule has 0 heterocycles. The molecule has 1 aromatic rings. The summed E-state index contributed by atoms with van der Waals surface area (Å²) in [5.41, 5.74) is 0.583. The highest BCUT2D eigenvalue weighted by Gasteiger charge is 2.19. The normalized spacial score (nSPS) is 11.6. The molecule has 0 fully saturated rings. The van der Waals surface area contributed by atoms with Crippen LogP contribution in [0.1, 0.15) is 30.6 Å². The van der Waals surface area contributed by atoms with Gasteiger partial charge in [-0.1, -0.05) is 26.0 Å². The fraction of sp³-hybridized carbons (Fsp3) is 0.500. The van der Waals surface area contributed by atoms with Gasteiger partial charge in [0.2, 0.25) is 15.9 Å². The van der Waals surface area contributed by atoms with E-state index in [1.54, 1.807) is 24.3 Å². The van der Waals surface area contributed by atoms with Crippen molar-refractivity contribution < 1.29 is 22.7 Å². The zero-order valence-electron chi connectivity index (χ0n) is 14.4. The standard InChI is InChI=1S/C16H24N2O5S/c1-12(2)11-18(24(4,21)22)10-9-15(19)17-14-8-6-5-7-13(14)16(20)23-3/h5-8,12H,9-11H2,1-4H3,(H,17,19). The lowest BCUT2D eigenvalue weighted by Gasteiger charge is -2.21. The average molecular weight is 356 g/mol. The molecule has 8 heteroatoms. The number of para-hydroxylation sites is 1. The molecule has 1 aromatic carbocycles. The van der Waals surface area contributed by atoms with E-state index in [-0.39, 0.29) is 30.4 Å². The summed E-state index contributed by atoms with van der Waals surface area (Å²) in [5.74, 6) is -0.768. The van der Waals surface area contributed by atoms with Crippen LogP contribution in [-0.2, 0) is 19.6 Å². The van der Waals surface area contributed by atoms with Gasteiger partial charge in [-0.15, -0.1) is 0 Å². The van der Waals surface area contributed by atoms with Gasteiger partial charge in [0, 0.05) is 19.5 Å². The van der Waals surface area contributed by atoms with E-state index in [4.69, 9.17) is 0 Å². The number of benzene rings is 1. The molecule has 0 aromatic heterocycles. The average Bonchev–Trinajstić information content (AvgIpc) is 2.49. The maximum atomic E-state index is 12.1. The molecular formula is C16H24N2O5S. The lowest BCUT2D eigenvalue weighted by molar-refractivity contribution is -0.116. The van der Waals surface area contributed by atoms with Gasteiger partial charge < -0.3 is 10.1 Å². The molecule has 134 valence electrons. The second-order valence-electron chi connectivity index (χ2n) is 5.85. The van der Waals surface area contributed by atoms with E-state index in [0.29, 0.717) is 12.2 Å². The van der Waals surface area contributed by atoms with Crippen LogP contribution in [0.4, 0.5) is 5.69 Å². The van der Waals surface area contributed by atoms with Gasteiger partial charge >= 0.3 is 5.97 Å². The molecule has 1 N–H and O–H groups in total. The van der Waals surface area contributed by atoms with E-state index in [0.717, 1.165) is 6.26 Å². The Kier molecular flexibility index (Phi) is 7.37. The number of carbonyl (C=O) groups is 2. The maximum Gasteiger partial charge on any atom is 0.339 e. The smallest absolute Gasteiger partial charge is 0.339 e. The predicted molar refractivity (Wildman–Crippen MR) is 92.3 cm³/mol. The fourth-order valence-electron chi connectivity index (χ4n) is 2.12. The maximum absolute atomic E-state index is 12.1. The third kappa shape index (κ3) is 6.29. The van der Waals surface area contributed by atoms with Crippen molar-refractivity contribution in [3.05, 3.63) is 29.8 Å². The van der Waals surface area contributed by atoms with E-state index < -0.39 is 16.0 Å². The summed E-state index contributed by atoms with van der Waals surface area (Å²) in [7, 11) is -2.11. The van der Waals surface area contributed by atoms with E-state index in [1.807, 2.05) is 13.8 Å². The number of hydrogen-bond donors (Lipinski definition) is 1. The van der Waals surface area contributed by atoms with Gasteiger partial charge in [-0.05, 0) is 18.1 Å². The van der Waals surface area contributed by atoms with Gasteiger partial charge in [-0.25, -0.2) is 17.5 Å². The Morgan fingerprint density at radius 1 is 1.25 bits per heavy atom. The summed E-state index contributed by atoms with van der Waals surface area (Å²) in [6, 6.07) is 6.48. The number of carbonyl (C=O) groups excluding carboxylic acids is 2. The molecule has 0 unspecified atom stereocenters. The number of esters is 1. The first-order chi connectivity index (χ1) is 11.1. The monoisotopic (exact) mass is 356 g/mol. The first-order valence-electron chi connectivity index (χ1n) is 7.57. The molecule has 1 rings (SSSR count). The Hall–Kier alpha value is -1.93. The van der Waals surface area contributed by atoms with Gasteiger partial charge in [0.1, 0.15) is 0 Å². The van der Waals surface area contributed by atoms with Gasteiger partial charge in [0.15, 0.2) is 0 Å². The predicted octanol–water partition coefficient (Wildman–Crippen LogP) is 1.72. The molecule has 0 aliphatic rings. The van der Waals surface area contributed by atoms with Crippen LogP contribution in [-0.4, -0.2) is 51.1 Å². The second-order valence-corrected chi connectivity index (χ2v) is 7.83. The number of nitrogens with zero attached hydrogens (tertiary/aromatic N) is 1. The number of nitrogens with one attached hydrogen (secondary N) is 1. The highest BCUT2D eigenvalue weighted by atomic mass is 32.2. The highest BCUT2D eigenvalue weighted by molar-refractivity contribution is 7.88. The topological polar surface area (TPSA) is 92.8 Å². The van der Waals surface area contributed by atoms with Crippen LogP contribution in [0.15, 0.2) is 24.3 Å². The number of ether oxygens (including phenoxy) is 1. The minimum absolute atomic E-state index is 0.00467. The van der Waals surface area contributed by atoms with E-state index in [1.165, 1.54) is 11.4 Å². The molecule has 0 aliphatic heterocycles. The van der Waals surface area contributed by atoms with Crippen molar-refractivity contribution >= 4 is 27.6 Å². The number of methoxy groups -OCH3 is 1. The molecule has 0 atom stereocenters. The summed E-state index contributed by atoms with van der Waals surface area (Å²) in [6.45, 7) is 4.25. The lowest BCUT2D eigenvalue weighted by atomic mass is 10.1. The van der Waals surface area contributed by atoms with Crippen LogP contribution in [0.3, 0.4) is 0 Å². The van der Waals surface area contributed by atoms with Crippen molar-refractivity contribution in [2.75, 3.05) is 31.8 Å². The number of anilines is 1. The minimum Gasteiger partial charge on any atom is -0.465 e. The SMILES string of the molecule is COC(=O)c1ccccc1NC(=O)CCN(CC(C)C)S(C)(=O)=O. The molecule has 0 aliphatic carbocycles. The quantitative estimate of drug-likeness (QED) is 0.716. The van der Waals surface area contributed by atoms with Crippen molar-refractivity contribution in [2.24, 2.45) is 5.92 Å². The van der Waals surface area contributed by atoms with Crippen molar-refractivity contribution in [3.8, 4) is 0 Å². The zero-order chi connectivity index (χ0) is 18.3. The second kappa shape index (κ2) is 8.79. The first-order valence-corrected chi connectivity index (χ1v) is 9.42. The summed E-state index contributed by atoms with van der Waals surface area (Å²) in [4.78, 5) is 23.8. The third-order valence-electron chi connectivity index (χ3n) is 3.23. The number of amides is 1. The number of rotatable bonds is 8. The Morgan fingerprint density at radius 3 is 2.42 bits per heavy atom. The fourth-order valence-corrected chi connectivity index (χ4v) is 3.11. The summed E-state index contributed by atoms with van der Waals surface area (Å²) >= 11 is 0. The summed E-state index contributed by atoms with van der Waals surface area (Å²) < 4.78 is 29.5. The van der Waals surface area contributed by atoms with E-state index in [9.17, 15) is 18.0 Å².